The number of nitrogen functional groups attached to an aromatic ring is 1. The van der Waals surface area contributed by atoms with Gasteiger partial charge in [-0.3, -0.25) is 9.80 Å². The van der Waals surface area contributed by atoms with Gasteiger partial charge in [0, 0.05) is 51.8 Å². The Kier molecular flexibility index (Phi) is 6.88. The van der Waals surface area contributed by atoms with Crippen LogP contribution in [0, 0.1) is 0 Å². The average molecular weight is 406 g/mol. The van der Waals surface area contributed by atoms with Gasteiger partial charge in [0.05, 0.1) is 6.04 Å². The molecule has 1 atom stereocenters. The van der Waals surface area contributed by atoms with Gasteiger partial charge in [-0.1, -0.05) is 11.6 Å². The normalized spacial score (nSPS) is 16.7. The van der Waals surface area contributed by atoms with Crippen LogP contribution in [0.1, 0.15) is 18.8 Å². The van der Waals surface area contributed by atoms with E-state index in [1.807, 2.05) is 43.3 Å². The topological polar surface area (TPSA) is 83.6 Å². The lowest BCUT2D eigenvalue weighted by molar-refractivity contribution is 0.0890. The molecule has 0 spiro atoms. The molecule has 1 aromatic heterocycles. The van der Waals surface area contributed by atoms with E-state index in [0.29, 0.717) is 12.6 Å². The fourth-order valence-corrected chi connectivity index (χ4v) is 3.27. The lowest BCUT2D eigenvalue weighted by atomic mass is 10.2. The van der Waals surface area contributed by atoms with Crippen LogP contribution in [0.3, 0.4) is 0 Å². The molecule has 28 heavy (non-hydrogen) atoms. The summed E-state index contributed by atoms with van der Waals surface area (Å²) in [5.41, 5.74) is 5.86. The standard InChI is InChI=1S/C19H28ClN7O/c1-14(17-22-18(21)24-19(23-17)25(2)3)27-10-8-26(9-11-27)12-13-28-16-6-4-15(20)5-7-16/h4-7,14H,8-13H2,1-3H3,(H2,21,22,23,24). The summed E-state index contributed by atoms with van der Waals surface area (Å²) in [5, 5.41) is 0.718. The molecular formula is C19H28ClN7O. The van der Waals surface area contributed by atoms with E-state index in [1.165, 1.54) is 0 Å². The molecule has 0 aliphatic carbocycles. The van der Waals surface area contributed by atoms with Crippen molar-refractivity contribution >= 4 is 23.5 Å². The highest BCUT2D eigenvalue weighted by molar-refractivity contribution is 6.30. The Morgan fingerprint density at radius 3 is 2.43 bits per heavy atom. The Labute approximate surface area is 171 Å². The van der Waals surface area contributed by atoms with Gasteiger partial charge in [-0.2, -0.15) is 15.0 Å². The number of nitrogens with two attached hydrogens (primary N) is 1. The molecule has 1 aliphatic heterocycles. The van der Waals surface area contributed by atoms with Crippen LogP contribution in [-0.2, 0) is 0 Å². The van der Waals surface area contributed by atoms with Gasteiger partial charge < -0.3 is 15.4 Å². The minimum absolute atomic E-state index is 0.0940. The number of halogens is 1. The minimum Gasteiger partial charge on any atom is -0.492 e. The van der Waals surface area contributed by atoms with Crippen molar-refractivity contribution in [1.82, 2.24) is 24.8 Å². The van der Waals surface area contributed by atoms with Crippen molar-refractivity contribution in [2.24, 2.45) is 0 Å². The van der Waals surface area contributed by atoms with Crippen molar-refractivity contribution in [3.63, 3.8) is 0 Å². The van der Waals surface area contributed by atoms with Gasteiger partial charge in [0.25, 0.3) is 0 Å². The molecule has 0 saturated carbocycles. The van der Waals surface area contributed by atoms with E-state index in [2.05, 4.69) is 31.7 Å². The van der Waals surface area contributed by atoms with Crippen LogP contribution in [0.25, 0.3) is 0 Å². The SMILES string of the molecule is CC(c1nc(N)nc(N(C)C)n1)N1CCN(CCOc2ccc(Cl)cc2)CC1. The van der Waals surface area contributed by atoms with E-state index in [9.17, 15) is 0 Å². The summed E-state index contributed by atoms with van der Waals surface area (Å²) < 4.78 is 5.80. The molecule has 3 rings (SSSR count). The summed E-state index contributed by atoms with van der Waals surface area (Å²) in [7, 11) is 3.79. The molecular weight excluding hydrogens is 378 g/mol. The van der Waals surface area contributed by atoms with Gasteiger partial charge in [-0.15, -0.1) is 0 Å². The van der Waals surface area contributed by atoms with E-state index in [0.717, 1.165) is 49.3 Å². The maximum Gasteiger partial charge on any atom is 0.229 e. The first kappa shape index (κ1) is 20.6. The Morgan fingerprint density at radius 2 is 1.79 bits per heavy atom. The Hall–Kier alpha value is -2.16. The van der Waals surface area contributed by atoms with Gasteiger partial charge >= 0.3 is 0 Å². The third kappa shape index (κ3) is 5.43. The maximum absolute atomic E-state index is 5.89. The number of aromatic nitrogens is 3. The molecule has 8 nitrogen and oxygen atoms in total. The van der Waals surface area contributed by atoms with Crippen molar-refractivity contribution in [2.45, 2.75) is 13.0 Å². The van der Waals surface area contributed by atoms with Crippen LogP contribution in [0.5, 0.6) is 5.75 Å². The molecule has 1 fully saturated rings. The molecule has 2 aromatic rings. The predicted octanol–water partition coefficient (Wildman–Crippen LogP) is 1.93. The molecule has 1 aliphatic rings. The fraction of sp³-hybridized carbons (Fsp3) is 0.526. The number of hydrogen-bond acceptors (Lipinski definition) is 8. The second kappa shape index (κ2) is 9.36. The monoisotopic (exact) mass is 405 g/mol. The largest absolute Gasteiger partial charge is 0.492 e. The number of rotatable bonds is 7. The lowest BCUT2D eigenvalue weighted by Crippen LogP contribution is -2.48. The number of nitrogens with zero attached hydrogens (tertiary/aromatic N) is 6. The third-order valence-corrected chi connectivity index (χ3v) is 5.13. The van der Waals surface area contributed by atoms with Crippen LogP contribution in [0.2, 0.25) is 5.02 Å². The summed E-state index contributed by atoms with van der Waals surface area (Å²) in [6.45, 7) is 7.54. The second-order valence-electron chi connectivity index (χ2n) is 7.10. The third-order valence-electron chi connectivity index (χ3n) is 4.88. The molecule has 152 valence electrons. The molecule has 2 heterocycles. The molecule has 0 bridgehead atoms. The first-order valence-corrected chi connectivity index (χ1v) is 9.83. The summed E-state index contributed by atoms with van der Waals surface area (Å²) >= 11 is 5.89. The van der Waals surface area contributed by atoms with Crippen LogP contribution in [-0.4, -0.2) is 78.2 Å². The molecule has 1 saturated heterocycles. The maximum atomic E-state index is 5.89. The summed E-state index contributed by atoms with van der Waals surface area (Å²) in [6.07, 6.45) is 0. The quantitative estimate of drug-likeness (QED) is 0.748. The van der Waals surface area contributed by atoms with Crippen LogP contribution < -0.4 is 15.4 Å². The minimum atomic E-state index is 0.0940. The van der Waals surface area contributed by atoms with Crippen molar-refractivity contribution in [1.29, 1.82) is 0 Å². The van der Waals surface area contributed by atoms with Gasteiger partial charge in [0.2, 0.25) is 11.9 Å². The first-order chi connectivity index (χ1) is 13.4. The predicted molar refractivity (Wildman–Crippen MR) is 112 cm³/mol. The first-order valence-electron chi connectivity index (χ1n) is 9.46. The van der Waals surface area contributed by atoms with E-state index in [-0.39, 0.29) is 12.0 Å². The smallest absolute Gasteiger partial charge is 0.229 e. The zero-order valence-electron chi connectivity index (χ0n) is 16.7. The van der Waals surface area contributed by atoms with Crippen molar-refractivity contribution < 1.29 is 4.74 Å². The van der Waals surface area contributed by atoms with E-state index < -0.39 is 0 Å². The van der Waals surface area contributed by atoms with E-state index in [1.54, 1.807) is 0 Å². The lowest BCUT2D eigenvalue weighted by Gasteiger charge is -2.37. The Bertz CT molecular complexity index is 763. The van der Waals surface area contributed by atoms with Crippen LogP contribution >= 0.6 is 11.6 Å². The van der Waals surface area contributed by atoms with Gasteiger partial charge in [0.15, 0.2) is 5.82 Å². The van der Waals surface area contributed by atoms with E-state index >= 15 is 0 Å². The molecule has 1 aromatic carbocycles. The Morgan fingerprint density at radius 1 is 1.11 bits per heavy atom. The number of hydrogen-bond donors (Lipinski definition) is 1. The van der Waals surface area contributed by atoms with Crippen LogP contribution in [0.4, 0.5) is 11.9 Å². The number of piperazine rings is 1. The fourth-order valence-electron chi connectivity index (χ4n) is 3.15. The average Bonchev–Trinajstić information content (AvgIpc) is 2.69. The highest BCUT2D eigenvalue weighted by Crippen LogP contribution is 2.21. The summed E-state index contributed by atoms with van der Waals surface area (Å²) in [4.78, 5) is 19.7. The van der Waals surface area contributed by atoms with Gasteiger partial charge in [-0.05, 0) is 31.2 Å². The van der Waals surface area contributed by atoms with Crippen molar-refractivity contribution in [3.05, 3.63) is 35.1 Å². The number of ether oxygens (including phenoxy) is 1. The molecule has 0 radical (unpaired) electrons. The van der Waals surface area contributed by atoms with Gasteiger partial charge in [-0.25, -0.2) is 0 Å². The van der Waals surface area contributed by atoms with Crippen molar-refractivity contribution in [3.8, 4) is 5.75 Å². The molecule has 9 heteroatoms. The summed E-state index contributed by atoms with van der Waals surface area (Å²) in [5.74, 6) is 2.42. The zero-order chi connectivity index (χ0) is 20.1. The Balaban J connectivity index is 1.47. The highest BCUT2D eigenvalue weighted by Gasteiger charge is 2.24. The number of benzene rings is 1. The molecule has 0 amide bonds. The molecule has 1 unspecified atom stereocenters. The van der Waals surface area contributed by atoms with Crippen LogP contribution in [0.15, 0.2) is 24.3 Å². The molecule has 2 N–H and O–H groups in total. The van der Waals surface area contributed by atoms with E-state index in [4.69, 9.17) is 22.1 Å². The summed E-state index contributed by atoms with van der Waals surface area (Å²) in [6, 6.07) is 7.56. The second-order valence-corrected chi connectivity index (χ2v) is 7.54. The highest BCUT2D eigenvalue weighted by atomic mass is 35.5. The van der Waals surface area contributed by atoms with Gasteiger partial charge in [0.1, 0.15) is 12.4 Å². The zero-order valence-corrected chi connectivity index (χ0v) is 17.4. The van der Waals surface area contributed by atoms with Crippen molar-refractivity contribution in [2.75, 3.05) is 64.1 Å². The number of anilines is 2.